The number of amides is 1. The molecule has 0 saturated carbocycles. The Labute approximate surface area is 150 Å². The van der Waals surface area contributed by atoms with Gasteiger partial charge in [-0.2, -0.15) is 10.2 Å². The first-order valence-corrected chi connectivity index (χ1v) is 8.40. The van der Waals surface area contributed by atoms with Crippen LogP contribution in [0.3, 0.4) is 0 Å². The third-order valence-electron chi connectivity index (χ3n) is 4.52. The smallest absolute Gasteiger partial charge is 0.289 e. The van der Waals surface area contributed by atoms with Crippen LogP contribution in [0, 0.1) is 0 Å². The van der Waals surface area contributed by atoms with Crippen LogP contribution >= 0.6 is 0 Å². The van der Waals surface area contributed by atoms with Crippen molar-refractivity contribution in [3.8, 4) is 17.0 Å². The summed E-state index contributed by atoms with van der Waals surface area (Å²) in [5, 5.41) is 11.3. The maximum Gasteiger partial charge on any atom is 0.289 e. The number of aromatic nitrogens is 2. The molecular weight excluding hydrogens is 328 g/mol. The van der Waals surface area contributed by atoms with Gasteiger partial charge in [-0.15, -0.1) is 0 Å². The van der Waals surface area contributed by atoms with Crippen LogP contribution < -0.4 is 10.2 Å². The van der Waals surface area contributed by atoms with Gasteiger partial charge in [0.1, 0.15) is 11.4 Å². The van der Waals surface area contributed by atoms with Gasteiger partial charge >= 0.3 is 0 Å². The molecule has 6 nitrogen and oxygen atoms in total. The van der Waals surface area contributed by atoms with Crippen LogP contribution in [-0.2, 0) is 12.8 Å². The number of nitrogens with zero attached hydrogens (tertiary/aromatic N) is 2. The zero-order valence-corrected chi connectivity index (χ0v) is 14.3. The highest BCUT2D eigenvalue weighted by atomic mass is 16.5. The van der Waals surface area contributed by atoms with Crippen LogP contribution in [0.25, 0.3) is 11.3 Å². The summed E-state index contributed by atoms with van der Waals surface area (Å²) < 4.78 is 5.26. The molecule has 1 aliphatic carbocycles. The number of hydrogen-bond donors (Lipinski definition) is 2. The Bertz CT molecular complexity index is 991. The molecule has 1 heterocycles. The number of para-hydroxylation sites is 1. The van der Waals surface area contributed by atoms with Gasteiger partial charge in [-0.1, -0.05) is 36.4 Å². The van der Waals surface area contributed by atoms with Gasteiger partial charge in [-0.05, 0) is 30.5 Å². The molecule has 2 N–H and O–H groups in total. The lowest BCUT2D eigenvalue weighted by Crippen LogP contribution is -2.20. The largest absolute Gasteiger partial charge is 0.496 e. The van der Waals surface area contributed by atoms with Crippen molar-refractivity contribution in [2.75, 3.05) is 7.11 Å². The standard InChI is InChI=1S/C20H18N4O2/c1-26-17-9-5-3-7-14(17)12-21-24-20(25)19-16-11-10-13-6-2-4-8-15(13)18(16)22-23-19/h2-9,12H,10-11H2,1H3,(H,22,23)(H,24,25). The van der Waals surface area contributed by atoms with Gasteiger partial charge in [-0.3, -0.25) is 9.89 Å². The van der Waals surface area contributed by atoms with Crippen LogP contribution in [-0.4, -0.2) is 29.4 Å². The second-order valence-corrected chi connectivity index (χ2v) is 6.02. The van der Waals surface area contributed by atoms with Crippen molar-refractivity contribution in [3.63, 3.8) is 0 Å². The second kappa shape index (κ2) is 6.84. The highest BCUT2D eigenvalue weighted by molar-refractivity contribution is 5.96. The fourth-order valence-electron chi connectivity index (χ4n) is 3.24. The van der Waals surface area contributed by atoms with Crippen LogP contribution in [0.4, 0.5) is 0 Å². The molecule has 0 bridgehead atoms. The van der Waals surface area contributed by atoms with Gasteiger partial charge in [0.05, 0.1) is 19.0 Å². The molecule has 0 atom stereocenters. The lowest BCUT2D eigenvalue weighted by atomic mass is 9.89. The first-order valence-electron chi connectivity index (χ1n) is 8.40. The Morgan fingerprint density at radius 2 is 2.00 bits per heavy atom. The Hall–Kier alpha value is -3.41. The van der Waals surface area contributed by atoms with Crippen LogP contribution in [0.5, 0.6) is 5.75 Å². The molecule has 130 valence electrons. The van der Waals surface area contributed by atoms with Crippen LogP contribution in [0.2, 0.25) is 0 Å². The van der Waals surface area contributed by atoms with Crippen LogP contribution in [0.15, 0.2) is 53.6 Å². The minimum atomic E-state index is -0.302. The van der Waals surface area contributed by atoms with E-state index in [0.717, 1.165) is 35.2 Å². The van der Waals surface area contributed by atoms with E-state index in [4.69, 9.17) is 4.74 Å². The number of hydrazone groups is 1. The molecule has 6 heteroatoms. The molecule has 4 rings (SSSR count). The highest BCUT2D eigenvalue weighted by Gasteiger charge is 2.24. The Kier molecular flexibility index (Phi) is 4.23. The number of ether oxygens (including phenoxy) is 1. The number of aromatic amines is 1. The number of aryl methyl sites for hydroxylation is 1. The Balaban J connectivity index is 1.54. The van der Waals surface area contributed by atoms with E-state index in [1.807, 2.05) is 42.5 Å². The van der Waals surface area contributed by atoms with E-state index in [0.29, 0.717) is 11.4 Å². The first-order chi connectivity index (χ1) is 12.8. The molecule has 1 aliphatic rings. The molecule has 0 aliphatic heterocycles. The van der Waals surface area contributed by atoms with Crippen molar-refractivity contribution < 1.29 is 9.53 Å². The number of methoxy groups -OCH3 is 1. The maximum atomic E-state index is 12.5. The molecule has 3 aromatic rings. The minimum Gasteiger partial charge on any atom is -0.496 e. The van der Waals surface area contributed by atoms with Crippen molar-refractivity contribution in [1.29, 1.82) is 0 Å². The molecule has 0 unspecified atom stereocenters. The lowest BCUT2D eigenvalue weighted by molar-refractivity contribution is 0.0949. The number of carbonyl (C=O) groups excluding carboxylic acids is 1. The summed E-state index contributed by atoms with van der Waals surface area (Å²) in [7, 11) is 1.60. The Morgan fingerprint density at radius 3 is 2.88 bits per heavy atom. The van der Waals surface area contributed by atoms with Gasteiger partial charge in [0, 0.05) is 16.7 Å². The van der Waals surface area contributed by atoms with Crippen molar-refractivity contribution in [3.05, 3.63) is 70.9 Å². The summed E-state index contributed by atoms with van der Waals surface area (Å²) in [4.78, 5) is 12.5. The molecule has 26 heavy (non-hydrogen) atoms. The van der Waals surface area contributed by atoms with E-state index in [2.05, 4.69) is 26.8 Å². The number of hydrogen-bond acceptors (Lipinski definition) is 4. The topological polar surface area (TPSA) is 79.4 Å². The Morgan fingerprint density at radius 1 is 1.19 bits per heavy atom. The normalized spacial score (nSPS) is 12.5. The molecule has 2 aromatic carbocycles. The number of benzene rings is 2. The van der Waals surface area contributed by atoms with Gasteiger partial charge < -0.3 is 4.74 Å². The minimum absolute atomic E-state index is 0.302. The zero-order chi connectivity index (χ0) is 17.9. The summed E-state index contributed by atoms with van der Waals surface area (Å²) in [5.41, 5.74) is 7.95. The van der Waals surface area contributed by atoms with E-state index >= 15 is 0 Å². The molecule has 1 amide bonds. The number of rotatable bonds is 4. The van der Waals surface area contributed by atoms with Gasteiger partial charge in [0.15, 0.2) is 0 Å². The predicted octanol–water partition coefficient (Wildman–Crippen LogP) is 2.95. The molecule has 1 aromatic heterocycles. The van der Waals surface area contributed by atoms with Crippen LogP contribution in [0.1, 0.15) is 27.2 Å². The monoisotopic (exact) mass is 346 g/mol. The number of fused-ring (bicyclic) bond motifs is 3. The summed E-state index contributed by atoms with van der Waals surface area (Å²) in [5.74, 6) is 0.394. The molecule has 0 fully saturated rings. The second-order valence-electron chi connectivity index (χ2n) is 6.02. The number of carbonyl (C=O) groups is 1. The quantitative estimate of drug-likeness (QED) is 0.563. The average Bonchev–Trinajstić information content (AvgIpc) is 3.13. The van der Waals surface area contributed by atoms with Crippen molar-refractivity contribution >= 4 is 12.1 Å². The van der Waals surface area contributed by atoms with Crippen molar-refractivity contribution in [1.82, 2.24) is 15.6 Å². The van der Waals surface area contributed by atoms with E-state index in [1.165, 1.54) is 5.56 Å². The fourth-order valence-corrected chi connectivity index (χ4v) is 3.24. The van der Waals surface area contributed by atoms with E-state index in [1.54, 1.807) is 13.3 Å². The van der Waals surface area contributed by atoms with Crippen molar-refractivity contribution in [2.24, 2.45) is 5.10 Å². The molecule has 0 spiro atoms. The maximum absolute atomic E-state index is 12.5. The summed E-state index contributed by atoms with van der Waals surface area (Å²) >= 11 is 0. The number of nitrogens with one attached hydrogen (secondary N) is 2. The average molecular weight is 346 g/mol. The van der Waals surface area contributed by atoms with E-state index < -0.39 is 0 Å². The molecule has 0 saturated heterocycles. The zero-order valence-electron chi connectivity index (χ0n) is 14.3. The summed E-state index contributed by atoms with van der Waals surface area (Å²) in [6.07, 6.45) is 3.24. The molecule has 0 radical (unpaired) electrons. The SMILES string of the molecule is COc1ccccc1C=NNC(=O)c1[nH]nc2c1CCc1ccccc1-2. The van der Waals surface area contributed by atoms with Gasteiger partial charge in [0.2, 0.25) is 0 Å². The lowest BCUT2D eigenvalue weighted by Gasteiger charge is -2.15. The molecular formula is C20H18N4O2. The van der Waals surface area contributed by atoms with Crippen molar-refractivity contribution in [2.45, 2.75) is 12.8 Å². The number of H-pyrrole nitrogens is 1. The third kappa shape index (κ3) is 2.86. The summed E-state index contributed by atoms with van der Waals surface area (Å²) in [6, 6.07) is 15.6. The van der Waals surface area contributed by atoms with E-state index in [9.17, 15) is 4.79 Å². The van der Waals surface area contributed by atoms with Gasteiger partial charge in [0.25, 0.3) is 5.91 Å². The predicted molar refractivity (Wildman–Crippen MR) is 99.5 cm³/mol. The first kappa shape index (κ1) is 16.1. The fraction of sp³-hybridized carbons (Fsp3) is 0.150. The summed E-state index contributed by atoms with van der Waals surface area (Å²) in [6.45, 7) is 0. The highest BCUT2D eigenvalue weighted by Crippen LogP contribution is 2.33. The third-order valence-corrected chi connectivity index (χ3v) is 4.52. The van der Waals surface area contributed by atoms with E-state index in [-0.39, 0.29) is 5.91 Å². The van der Waals surface area contributed by atoms with Gasteiger partial charge in [-0.25, -0.2) is 5.43 Å².